The molecule has 1 aromatic rings. The van der Waals surface area contributed by atoms with Gasteiger partial charge in [-0.15, -0.1) is 0 Å². The molecule has 2 N–H and O–H groups in total. The highest BCUT2D eigenvalue weighted by atomic mass is 35.5. The number of nitro benzene ring substituents is 1. The second-order valence-electron chi connectivity index (χ2n) is 4.55. The lowest BCUT2D eigenvalue weighted by Gasteiger charge is -2.32. The van der Waals surface area contributed by atoms with Crippen LogP contribution in [0, 0.1) is 16.0 Å². The van der Waals surface area contributed by atoms with E-state index in [0.717, 1.165) is 0 Å². The molecule has 1 fully saturated rings. The predicted octanol–water partition coefficient (Wildman–Crippen LogP) is 1.95. The monoisotopic (exact) mass is 283 g/mol. The largest absolute Gasteiger partial charge is 0.369 e. The van der Waals surface area contributed by atoms with Crippen molar-refractivity contribution in [2.75, 3.05) is 18.0 Å². The maximum absolute atomic E-state index is 11.1. The van der Waals surface area contributed by atoms with E-state index in [-0.39, 0.29) is 17.5 Å². The predicted molar refractivity (Wildman–Crippen MR) is 72.2 cm³/mol. The standard InChI is InChI=1S/C12H14ClN3O3/c13-9-1-2-10(16(18)19)11(7-9)15-5-3-8(4-6-15)12(14)17/h1-2,7-8H,3-6H2,(H2,14,17). The number of amides is 1. The van der Waals surface area contributed by atoms with Gasteiger partial charge in [0.15, 0.2) is 0 Å². The van der Waals surface area contributed by atoms with E-state index in [4.69, 9.17) is 17.3 Å². The van der Waals surface area contributed by atoms with Gasteiger partial charge in [0.2, 0.25) is 5.91 Å². The second-order valence-corrected chi connectivity index (χ2v) is 4.99. The minimum Gasteiger partial charge on any atom is -0.369 e. The highest BCUT2D eigenvalue weighted by Gasteiger charge is 2.27. The van der Waals surface area contributed by atoms with E-state index in [1.165, 1.54) is 12.1 Å². The zero-order valence-electron chi connectivity index (χ0n) is 10.2. The Kier molecular flexibility index (Phi) is 3.90. The summed E-state index contributed by atoms with van der Waals surface area (Å²) >= 11 is 5.90. The zero-order valence-corrected chi connectivity index (χ0v) is 11.0. The number of anilines is 1. The van der Waals surface area contributed by atoms with E-state index < -0.39 is 4.92 Å². The number of carbonyl (C=O) groups excluding carboxylic acids is 1. The summed E-state index contributed by atoms with van der Waals surface area (Å²) in [6.07, 6.45) is 1.22. The van der Waals surface area contributed by atoms with Gasteiger partial charge in [0.05, 0.1) is 4.92 Å². The number of nitrogens with zero attached hydrogens (tertiary/aromatic N) is 2. The van der Waals surface area contributed by atoms with E-state index in [0.29, 0.717) is 36.6 Å². The first-order valence-corrected chi connectivity index (χ1v) is 6.35. The second kappa shape index (κ2) is 5.44. The number of rotatable bonds is 3. The number of primary amides is 1. The minimum atomic E-state index is -0.425. The third-order valence-corrected chi connectivity index (χ3v) is 3.61. The van der Waals surface area contributed by atoms with Gasteiger partial charge in [-0.3, -0.25) is 14.9 Å². The maximum atomic E-state index is 11.1. The number of piperidine rings is 1. The van der Waals surface area contributed by atoms with E-state index in [1.807, 2.05) is 4.90 Å². The summed E-state index contributed by atoms with van der Waals surface area (Å²) in [6.45, 7) is 1.13. The molecule has 0 radical (unpaired) electrons. The molecule has 0 atom stereocenters. The average molecular weight is 284 g/mol. The Bertz CT molecular complexity index is 513. The van der Waals surface area contributed by atoms with Gasteiger partial charge in [0, 0.05) is 30.1 Å². The fourth-order valence-electron chi connectivity index (χ4n) is 2.31. The van der Waals surface area contributed by atoms with Crippen LogP contribution in [0.3, 0.4) is 0 Å². The number of nitrogens with two attached hydrogens (primary N) is 1. The molecule has 7 heteroatoms. The fourth-order valence-corrected chi connectivity index (χ4v) is 2.48. The summed E-state index contributed by atoms with van der Waals surface area (Å²) in [6, 6.07) is 4.49. The van der Waals surface area contributed by atoms with Crippen LogP contribution >= 0.6 is 11.6 Å². The van der Waals surface area contributed by atoms with Crippen LogP contribution in [-0.2, 0) is 4.79 Å². The van der Waals surface area contributed by atoms with Gasteiger partial charge in [-0.2, -0.15) is 0 Å². The van der Waals surface area contributed by atoms with Crippen molar-refractivity contribution in [3.8, 4) is 0 Å². The minimum absolute atomic E-state index is 0.0296. The fraction of sp³-hybridized carbons (Fsp3) is 0.417. The Labute approximate surface area is 115 Å². The van der Waals surface area contributed by atoms with Gasteiger partial charge in [-0.05, 0) is 25.0 Å². The van der Waals surface area contributed by atoms with Crippen LogP contribution in [0.4, 0.5) is 11.4 Å². The van der Waals surface area contributed by atoms with Crippen molar-refractivity contribution in [2.24, 2.45) is 11.7 Å². The first-order valence-electron chi connectivity index (χ1n) is 5.97. The van der Waals surface area contributed by atoms with Crippen LogP contribution in [0.5, 0.6) is 0 Å². The van der Waals surface area contributed by atoms with Crippen LogP contribution in [-0.4, -0.2) is 23.9 Å². The van der Waals surface area contributed by atoms with Crippen molar-refractivity contribution in [1.29, 1.82) is 0 Å². The van der Waals surface area contributed by atoms with Crippen molar-refractivity contribution in [1.82, 2.24) is 0 Å². The third-order valence-electron chi connectivity index (χ3n) is 3.37. The summed E-state index contributed by atoms with van der Waals surface area (Å²) in [7, 11) is 0. The molecular formula is C12H14ClN3O3. The van der Waals surface area contributed by atoms with Crippen LogP contribution in [0.1, 0.15) is 12.8 Å². The maximum Gasteiger partial charge on any atom is 0.292 e. The molecule has 1 amide bonds. The molecule has 0 aliphatic carbocycles. The molecule has 1 saturated heterocycles. The molecule has 102 valence electrons. The normalized spacial score (nSPS) is 16.4. The van der Waals surface area contributed by atoms with E-state index in [1.54, 1.807) is 6.07 Å². The number of hydrogen-bond acceptors (Lipinski definition) is 4. The molecular weight excluding hydrogens is 270 g/mol. The van der Waals surface area contributed by atoms with Crippen LogP contribution in [0.25, 0.3) is 0 Å². The molecule has 0 saturated carbocycles. The molecule has 1 heterocycles. The lowest BCUT2D eigenvalue weighted by molar-refractivity contribution is -0.384. The van der Waals surface area contributed by atoms with E-state index >= 15 is 0 Å². The quantitative estimate of drug-likeness (QED) is 0.678. The van der Waals surface area contributed by atoms with Crippen molar-refractivity contribution in [3.05, 3.63) is 33.3 Å². The van der Waals surface area contributed by atoms with Gasteiger partial charge in [-0.25, -0.2) is 0 Å². The van der Waals surface area contributed by atoms with Crippen LogP contribution in [0.15, 0.2) is 18.2 Å². The average Bonchev–Trinajstić information content (AvgIpc) is 2.38. The highest BCUT2D eigenvalue weighted by Crippen LogP contribution is 2.33. The Hall–Kier alpha value is -1.82. The van der Waals surface area contributed by atoms with E-state index in [9.17, 15) is 14.9 Å². The van der Waals surface area contributed by atoms with Crippen molar-refractivity contribution in [3.63, 3.8) is 0 Å². The molecule has 1 aromatic carbocycles. The molecule has 2 rings (SSSR count). The molecule has 1 aliphatic rings. The lowest BCUT2D eigenvalue weighted by atomic mass is 9.96. The molecule has 0 bridgehead atoms. The van der Waals surface area contributed by atoms with Gasteiger partial charge in [-0.1, -0.05) is 11.6 Å². The first-order chi connectivity index (χ1) is 8.99. The number of halogens is 1. The van der Waals surface area contributed by atoms with Crippen LogP contribution < -0.4 is 10.6 Å². The highest BCUT2D eigenvalue weighted by molar-refractivity contribution is 6.31. The number of carbonyl (C=O) groups is 1. The van der Waals surface area contributed by atoms with Crippen molar-refractivity contribution >= 4 is 28.9 Å². The zero-order chi connectivity index (χ0) is 14.0. The molecule has 6 nitrogen and oxygen atoms in total. The summed E-state index contributed by atoms with van der Waals surface area (Å²) in [5, 5.41) is 11.5. The van der Waals surface area contributed by atoms with Gasteiger partial charge in [0.1, 0.15) is 5.69 Å². The Morgan fingerprint density at radius 1 is 1.42 bits per heavy atom. The summed E-state index contributed by atoms with van der Waals surface area (Å²) in [5.41, 5.74) is 5.80. The SMILES string of the molecule is NC(=O)C1CCN(c2cc(Cl)ccc2[N+](=O)[O-])CC1. The summed E-state index contributed by atoms with van der Waals surface area (Å²) < 4.78 is 0. The first kappa shape index (κ1) is 13.6. The van der Waals surface area contributed by atoms with Gasteiger partial charge in [0.25, 0.3) is 5.69 Å². The number of hydrogen-bond donors (Lipinski definition) is 1. The number of nitro groups is 1. The molecule has 0 unspecified atom stereocenters. The molecule has 0 spiro atoms. The Morgan fingerprint density at radius 2 is 2.05 bits per heavy atom. The summed E-state index contributed by atoms with van der Waals surface area (Å²) in [5.74, 6) is -0.449. The topological polar surface area (TPSA) is 89.5 Å². The van der Waals surface area contributed by atoms with E-state index in [2.05, 4.69) is 0 Å². The van der Waals surface area contributed by atoms with Crippen molar-refractivity contribution in [2.45, 2.75) is 12.8 Å². The van der Waals surface area contributed by atoms with Gasteiger partial charge >= 0.3 is 0 Å². The third kappa shape index (κ3) is 2.96. The molecule has 0 aromatic heterocycles. The summed E-state index contributed by atoms with van der Waals surface area (Å²) in [4.78, 5) is 23.6. The molecule has 1 aliphatic heterocycles. The van der Waals surface area contributed by atoms with Crippen molar-refractivity contribution < 1.29 is 9.72 Å². The lowest BCUT2D eigenvalue weighted by Crippen LogP contribution is -2.38. The smallest absolute Gasteiger partial charge is 0.292 e. The Morgan fingerprint density at radius 3 is 2.58 bits per heavy atom. The molecule has 19 heavy (non-hydrogen) atoms. The Balaban J connectivity index is 2.21. The van der Waals surface area contributed by atoms with Crippen LogP contribution in [0.2, 0.25) is 5.02 Å². The number of benzene rings is 1. The van der Waals surface area contributed by atoms with Gasteiger partial charge < -0.3 is 10.6 Å².